The highest BCUT2D eigenvalue weighted by molar-refractivity contribution is 9.10. The van der Waals surface area contributed by atoms with Crippen molar-refractivity contribution in [2.45, 2.75) is 0 Å². The van der Waals surface area contributed by atoms with Crippen LogP contribution in [0.25, 0.3) is 55.7 Å². The number of halogens is 1. The Kier molecular flexibility index (Phi) is 4.57. The van der Waals surface area contributed by atoms with E-state index in [1.165, 1.54) is 10.8 Å². The normalized spacial score (nSPS) is 11.6. The molecule has 0 aliphatic heterocycles. The molecular formula is C30H19BrN4. The zero-order chi connectivity index (χ0) is 23.4. The molecule has 0 saturated carbocycles. The van der Waals surface area contributed by atoms with Gasteiger partial charge in [-0.3, -0.25) is 9.13 Å². The van der Waals surface area contributed by atoms with Gasteiger partial charge in [0, 0.05) is 32.7 Å². The Balaban J connectivity index is 1.55. The van der Waals surface area contributed by atoms with Crippen LogP contribution < -0.4 is 0 Å². The average Bonchev–Trinajstić information content (AvgIpc) is 3.46. The van der Waals surface area contributed by atoms with Crippen molar-refractivity contribution in [3.05, 3.63) is 120 Å². The molecule has 4 aromatic carbocycles. The van der Waals surface area contributed by atoms with Crippen molar-refractivity contribution in [3.63, 3.8) is 0 Å². The van der Waals surface area contributed by atoms with Crippen molar-refractivity contribution < 1.29 is 0 Å². The lowest BCUT2D eigenvalue weighted by Crippen LogP contribution is -1.99. The number of imidazole rings is 1. The van der Waals surface area contributed by atoms with Crippen LogP contribution in [0, 0.1) is 0 Å². The van der Waals surface area contributed by atoms with E-state index in [0.29, 0.717) is 0 Å². The Labute approximate surface area is 210 Å². The van der Waals surface area contributed by atoms with E-state index >= 15 is 0 Å². The molecule has 0 spiro atoms. The number of rotatable bonds is 3. The van der Waals surface area contributed by atoms with Crippen molar-refractivity contribution in [2.24, 2.45) is 0 Å². The van der Waals surface area contributed by atoms with Gasteiger partial charge in [-0.1, -0.05) is 60.7 Å². The summed E-state index contributed by atoms with van der Waals surface area (Å²) in [5, 5.41) is 2.40. The van der Waals surface area contributed by atoms with Gasteiger partial charge >= 0.3 is 0 Å². The predicted molar refractivity (Wildman–Crippen MR) is 146 cm³/mol. The van der Waals surface area contributed by atoms with Gasteiger partial charge in [0.25, 0.3) is 0 Å². The van der Waals surface area contributed by atoms with Crippen LogP contribution in [0.2, 0.25) is 0 Å². The first-order chi connectivity index (χ1) is 17.3. The van der Waals surface area contributed by atoms with Crippen LogP contribution in [-0.4, -0.2) is 19.1 Å². The Bertz CT molecular complexity index is 1850. The number of pyridine rings is 1. The third-order valence-electron chi connectivity index (χ3n) is 6.45. The van der Waals surface area contributed by atoms with Crippen LogP contribution in [0.1, 0.15) is 0 Å². The Morgan fingerprint density at radius 2 is 1.34 bits per heavy atom. The molecule has 166 valence electrons. The maximum absolute atomic E-state index is 5.07. The molecule has 4 nitrogen and oxygen atoms in total. The van der Waals surface area contributed by atoms with Crippen molar-refractivity contribution in [3.8, 4) is 22.9 Å². The van der Waals surface area contributed by atoms with Gasteiger partial charge in [-0.2, -0.15) is 0 Å². The minimum absolute atomic E-state index is 0.883. The SMILES string of the molecule is Brc1ccc(-n2c3ccccc3c3ccc(-c4nc5ccccc5n4-c4ccccc4)cc32)nc1. The smallest absolute Gasteiger partial charge is 0.145 e. The van der Waals surface area contributed by atoms with E-state index in [0.717, 1.165) is 49.4 Å². The fourth-order valence-corrected chi connectivity index (χ4v) is 5.15. The maximum Gasteiger partial charge on any atom is 0.145 e. The van der Waals surface area contributed by atoms with Gasteiger partial charge in [0.1, 0.15) is 11.6 Å². The quantitative estimate of drug-likeness (QED) is 0.239. The molecule has 3 aromatic heterocycles. The Morgan fingerprint density at radius 1 is 0.600 bits per heavy atom. The topological polar surface area (TPSA) is 35.6 Å². The minimum Gasteiger partial charge on any atom is -0.294 e. The monoisotopic (exact) mass is 514 g/mol. The lowest BCUT2D eigenvalue weighted by molar-refractivity contribution is 1.07. The van der Waals surface area contributed by atoms with Gasteiger partial charge in [0.2, 0.25) is 0 Å². The number of nitrogens with zero attached hydrogens (tertiary/aromatic N) is 4. The molecule has 0 atom stereocenters. The third kappa shape index (κ3) is 3.20. The van der Waals surface area contributed by atoms with Gasteiger partial charge in [0.05, 0.1) is 22.1 Å². The van der Waals surface area contributed by atoms with E-state index < -0.39 is 0 Å². The lowest BCUT2D eigenvalue weighted by atomic mass is 10.1. The summed E-state index contributed by atoms with van der Waals surface area (Å²) in [5.41, 5.74) is 6.44. The van der Waals surface area contributed by atoms with Crippen LogP contribution in [0.5, 0.6) is 0 Å². The second-order valence-corrected chi connectivity index (χ2v) is 9.43. The van der Waals surface area contributed by atoms with Crippen molar-refractivity contribution in [1.82, 2.24) is 19.1 Å². The van der Waals surface area contributed by atoms with Crippen LogP contribution in [0.3, 0.4) is 0 Å². The highest BCUT2D eigenvalue weighted by atomic mass is 79.9. The summed E-state index contributed by atoms with van der Waals surface area (Å²) >= 11 is 3.51. The first kappa shape index (κ1) is 20.2. The predicted octanol–water partition coefficient (Wildman–Crippen LogP) is 7.95. The molecule has 0 radical (unpaired) electrons. The van der Waals surface area contributed by atoms with Gasteiger partial charge < -0.3 is 0 Å². The Morgan fingerprint density at radius 3 is 2.17 bits per heavy atom. The summed E-state index contributed by atoms with van der Waals surface area (Å²) in [5.74, 6) is 1.80. The third-order valence-corrected chi connectivity index (χ3v) is 6.92. The van der Waals surface area contributed by atoms with Crippen LogP contribution >= 0.6 is 15.9 Å². The maximum atomic E-state index is 5.07. The molecule has 35 heavy (non-hydrogen) atoms. The summed E-state index contributed by atoms with van der Waals surface area (Å²) < 4.78 is 5.43. The molecule has 7 rings (SSSR count). The van der Waals surface area contributed by atoms with Crippen LogP contribution in [0.4, 0.5) is 0 Å². The van der Waals surface area contributed by atoms with E-state index in [1.54, 1.807) is 0 Å². The van der Waals surface area contributed by atoms with E-state index in [-0.39, 0.29) is 0 Å². The van der Waals surface area contributed by atoms with E-state index in [2.05, 4.69) is 110 Å². The van der Waals surface area contributed by atoms with Crippen LogP contribution in [0.15, 0.2) is 120 Å². The Hall–Kier alpha value is -4.22. The second kappa shape index (κ2) is 7.93. The first-order valence-electron chi connectivity index (χ1n) is 11.5. The summed E-state index contributed by atoms with van der Waals surface area (Å²) in [6.07, 6.45) is 1.84. The van der Waals surface area contributed by atoms with Gasteiger partial charge in [0.15, 0.2) is 0 Å². The van der Waals surface area contributed by atoms with Gasteiger partial charge in [-0.25, -0.2) is 9.97 Å². The summed E-state index contributed by atoms with van der Waals surface area (Å²) in [7, 11) is 0. The molecule has 0 N–H and O–H groups in total. The fraction of sp³-hybridized carbons (Fsp3) is 0. The molecule has 5 heteroatoms. The first-order valence-corrected chi connectivity index (χ1v) is 12.3. The number of para-hydroxylation sites is 4. The second-order valence-electron chi connectivity index (χ2n) is 8.51. The summed E-state index contributed by atoms with van der Waals surface area (Å²) in [4.78, 5) is 9.78. The zero-order valence-corrected chi connectivity index (χ0v) is 20.2. The number of hydrogen-bond acceptors (Lipinski definition) is 2. The van der Waals surface area contributed by atoms with E-state index in [9.17, 15) is 0 Å². The molecule has 0 amide bonds. The molecule has 0 aliphatic carbocycles. The zero-order valence-electron chi connectivity index (χ0n) is 18.6. The highest BCUT2D eigenvalue weighted by Gasteiger charge is 2.18. The summed E-state index contributed by atoms with van der Waals surface area (Å²) in [6.45, 7) is 0. The molecule has 0 bridgehead atoms. The molecule has 0 unspecified atom stereocenters. The van der Waals surface area contributed by atoms with Crippen molar-refractivity contribution >= 4 is 48.8 Å². The average molecular weight is 515 g/mol. The van der Waals surface area contributed by atoms with E-state index in [4.69, 9.17) is 9.97 Å². The lowest BCUT2D eigenvalue weighted by Gasteiger charge is -2.11. The molecule has 3 heterocycles. The number of hydrogen-bond donors (Lipinski definition) is 0. The van der Waals surface area contributed by atoms with E-state index in [1.807, 2.05) is 30.5 Å². The molecule has 7 aromatic rings. The van der Waals surface area contributed by atoms with Crippen molar-refractivity contribution in [1.29, 1.82) is 0 Å². The molecule has 0 aliphatic rings. The fourth-order valence-electron chi connectivity index (χ4n) is 4.91. The van der Waals surface area contributed by atoms with Gasteiger partial charge in [-0.05, 0) is 64.5 Å². The largest absolute Gasteiger partial charge is 0.294 e. The standard InChI is InChI=1S/C30H19BrN4/c31-21-15-17-29(32-19-21)35-26-12-6-4-10-23(26)24-16-14-20(18-28(24)35)30-33-25-11-5-7-13-27(25)34(30)22-8-2-1-3-9-22/h1-19H. The number of benzene rings is 4. The molecular weight excluding hydrogens is 496 g/mol. The minimum atomic E-state index is 0.883. The molecule has 0 saturated heterocycles. The van der Waals surface area contributed by atoms with Crippen molar-refractivity contribution in [2.75, 3.05) is 0 Å². The summed E-state index contributed by atoms with van der Waals surface area (Å²) in [6, 6.07) is 37.9. The number of aromatic nitrogens is 4. The highest BCUT2D eigenvalue weighted by Crippen LogP contribution is 2.36. The number of fused-ring (bicyclic) bond motifs is 4. The van der Waals surface area contributed by atoms with Gasteiger partial charge in [-0.15, -0.1) is 0 Å². The van der Waals surface area contributed by atoms with Crippen LogP contribution in [-0.2, 0) is 0 Å². The molecule has 0 fully saturated rings.